The predicted octanol–water partition coefficient (Wildman–Crippen LogP) is 0.920. The normalized spacial score (nSPS) is 14.5. The SMILES string of the molecule is CN(C)C(=O)N1CCn2nc(CNS(=O)(=O)c3cccs3)cc2C1. The van der Waals surface area contributed by atoms with Gasteiger partial charge in [0.15, 0.2) is 0 Å². The van der Waals surface area contributed by atoms with Crippen molar-refractivity contribution in [2.45, 2.75) is 23.8 Å². The summed E-state index contributed by atoms with van der Waals surface area (Å²) in [4.78, 5) is 15.3. The number of carbonyl (C=O) groups is 1. The number of nitrogens with one attached hydrogen (secondary N) is 1. The lowest BCUT2D eigenvalue weighted by molar-refractivity contribution is 0.155. The number of urea groups is 1. The molecule has 0 saturated carbocycles. The van der Waals surface area contributed by atoms with E-state index in [2.05, 4.69) is 9.82 Å². The quantitative estimate of drug-likeness (QED) is 0.868. The maximum Gasteiger partial charge on any atom is 0.319 e. The number of hydrogen-bond donors (Lipinski definition) is 1. The molecule has 8 nitrogen and oxygen atoms in total. The van der Waals surface area contributed by atoms with Crippen LogP contribution in [0.3, 0.4) is 0 Å². The highest BCUT2D eigenvalue weighted by Crippen LogP contribution is 2.17. The van der Waals surface area contributed by atoms with E-state index < -0.39 is 10.0 Å². The van der Waals surface area contributed by atoms with Crippen LogP contribution >= 0.6 is 11.3 Å². The Balaban J connectivity index is 1.67. The van der Waals surface area contributed by atoms with Crippen molar-refractivity contribution in [1.29, 1.82) is 0 Å². The van der Waals surface area contributed by atoms with Crippen LogP contribution in [0, 0.1) is 0 Å². The Hall–Kier alpha value is -1.91. The number of thiophene rings is 1. The lowest BCUT2D eigenvalue weighted by Gasteiger charge is -2.29. The van der Waals surface area contributed by atoms with Crippen LogP contribution in [0.15, 0.2) is 27.8 Å². The van der Waals surface area contributed by atoms with Gasteiger partial charge >= 0.3 is 6.03 Å². The third-order valence-corrected chi connectivity index (χ3v) is 6.50. The van der Waals surface area contributed by atoms with Gasteiger partial charge in [-0.3, -0.25) is 4.68 Å². The number of nitrogens with zero attached hydrogens (tertiary/aromatic N) is 4. The minimum atomic E-state index is -3.50. The van der Waals surface area contributed by atoms with Gasteiger partial charge in [-0.15, -0.1) is 11.3 Å². The molecule has 0 spiro atoms. The Morgan fingerprint density at radius 1 is 1.42 bits per heavy atom. The van der Waals surface area contributed by atoms with Gasteiger partial charge in [-0.2, -0.15) is 5.10 Å². The second-order valence-corrected chi connectivity index (χ2v) is 8.65. The van der Waals surface area contributed by atoms with E-state index in [-0.39, 0.29) is 16.8 Å². The molecule has 1 aliphatic rings. The Bertz CT molecular complexity index is 827. The largest absolute Gasteiger partial charge is 0.331 e. The summed E-state index contributed by atoms with van der Waals surface area (Å²) in [5, 5.41) is 6.14. The van der Waals surface area contributed by atoms with Gasteiger partial charge in [0, 0.05) is 20.6 Å². The molecule has 1 aliphatic heterocycles. The third-order valence-electron chi connectivity index (χ3n) is 3.70. The molecule has 0 aliphatic carbocycles. The molecule has 0 atom stereocenters. The number of sulfonamides is 1. The van der Waals surface area contributed by atoms with Crippen LogP contribution in [-0.2, 0) is 29.7 Å². The first-order chi connectivity index (χ1) is 11.4. The van der Waals surface area contributed by atoms with Gasteiger partial charge in [-0.05, 0) is 17.5 Å². The van der Waals surface area contributed by atoms with Crippen molar-refractivity contribution < 1.29 is 13.2 Å². The summed E-state index contributed by atoms with van der Waals surface area (Å²) in [6, 6.07) is 5.06. The first-order valence-corrected chi connectivity index (χ1v) is 9.78. The minimum Gasteiger partial charge on any atom is -0.331 e. The van der Waals surface area contributed by atoms with Crippen LogP contribution in [0.1, 0.15) is 11.4 Å². The van der Waals surface area contributed by atoms with Crippen LogP contribution in [0.2, 0.25) is 0 Å². The number of carbonyl (C=O) groups excluding carboxylic acids is 1. The van der Waals surface area contributed by atoms with E-state index in [9.17, 15) is 13.2 Å². The molecule has 0 bridgehead atoms. The zero-order chi connectivity index (χ0) is 17.3. The maximum absolute atomic E-state index is 12.1. The van der Waals surface area contributed by atoms with E-state index in [0.29, 0.717) is 25.3 Å². The number of hydrogen-bond acceptors (Lipinski definition) is 5. The highest BCUT2D eigenvalue weighted by Gasteiger charge is 2.24. The fourth-order valence-electron chi connectivity index (χ4n) is 2.51. The topological polar surface area (TPSA) is 87.5 Å². The van der Waals surface area contributed by atoms with Gasteiger partial charge in [0.05, 0.1) is 31.0 Å². The molecule has 2 aromatic rings. The van der Waals surface area contributed by atoms with E-state index in [4.69, 9.17) is 0 Å². The Morgan fingerprint density at radius 3 is 2.88 bits per heavy atom. The highest BCUT2D eigenvalue weighted by molar-refractivity contribution is 7.91. The van der Waals surface area contributed by atoms with Crippen molar-refractivity contribution in [2.24, 2.45) is 0 Å². The fraction of sp³-hybridized carbons (Fsp3) is 0.429. The summed E-state index contributed by atoms with van der Waals surface area (Å²) in [6.07, 6.45) is 0. The summed E-state index contributed by atoms with van der Waals surface area (Å²) in [5.74, 6) is 0. The van der Waals surface area contributed by atoms with Gasteiger partial charge in [-0.1, -0.05) is 6.07 Å². The zero-order valence-electron chi connectivity index (χ0n) is 13.5. The number of amides is 2. The molecule has 1 N–H and O–H groups in total. The molecule has 2 aromatic heterocycles. The fourth-order valence-corrected chi connectivity index (χ4v) is 4.55. The molecule has 24 heavy (non-hydrogen) atoms. The molecular formula is C14H19N5O3S2. The van der Waals surface area contributed by atoms with Crippen molar-refractivity contribution in [3.63, 3.8) is 0 Å². The van der Waals surface area contributed by atoms with Crippen molar-refractivity contribution >= 4 is 27.4 Å². The number of rotatable bonds is 4. The first-order valence-electron chi connectivity index (χ1n) is 7.42. The predicted molar refractivity (Wildman–Crippen MR) is 90.1 cm³/mol. The summed E-state index contributed by atoms with van der Waals surface area (Å²) in [6.45, 7) is 1.79. The first kappa shape index (κ1) is 16.9. The number of aromatic nitrogens is 2. The summed E-state index contributed by atoms with van der Waals surface area (Å²) in [7, 11) is -0.0614. The van der Waals surface area contributed by atoms with Crippen LogP contribution < -0.4 is 4.72 Å². The molecule has 10 heteroatoms. The van der Waals surface area contributed by atoms with Crippen LogP contribution in [0.25, 0.3) is 0 Å². The summed E-state index contributed by atoms with van der Waals surface area (Å²) >= 11 is 1.17. The molecule has 0 radical (unpaired) electrons. The Morgan fingerprint density at radius 2 is 2.21 bits per heavy atom. The third kappa shape index (κ3) is 3.45. The highest BCUT2D eigenvalue weighted by atomic mass is 32.2. The van der Waals surface area contributed by atoms with Gasteiger partial charge < -0.3 is 9.80 Å². The van der Waals surface area contributed by atoms with E-state index >= 15 is 0 Å². The Kier molecular flexibility index (Phi) is 4.61. The maximum atomic E-state index is 12.1. The summed E-state index contributed by atoms with van der Waals surface area (Å²) in [5.41, 5.74) is 1.55. The van der Waals surface area contributed by atoms with Crippen LogP contribution in [0.4, 0.5) is 4.79 Å². The monoisotopic (exact) mass is 369 g/mol. The summed E-state index contributed by atoms with van der Waals surface area (Å²) < 4.78 is 28.9. The molecule has 130 valence electrons. The Labute approximate surface area is 144 Å². The molecule has 2 amide bonds. The van der Waals surface area contributed by atoms with Crippen LogP contribution in [-0.4, -0.2) is 54.7 Å². The van der Waals surface area contributed by atoms with E-state index in [0.717, 1.165) is 5.69 Å². The van der Waals surface area contributed by atoms with Crippen LogP contribution in [0.5, 0.6) is 0 Å². The second-order valence-electron chi connectivity index (χ2n) is 5.71. The standard InChI is InChI=1S/C14H19N5O3S2/c1-17(2)14(20)18-5-6-19-12(10-18)8-11(16-19)9-15-24(21,22)13-4-3-7-23-13/h3-4,7-8,15H,5-6,9-10H2,1-2H3. The lowest BCUT2D eigenvalue weighted by Crippen LogP contribution is -2.43. The molecule has 0 saturated heterocycles. The second kappa shape index (κ2) is 6.54. The molecule has 0 unspecified atom stereocenters. The van der Waals surface area contributed by atoms with E-state index in [1.54, 1.807) is 41.4 Å². The van der Waals surface area contributed by atoms with Crippen molar-refractivity contribution in [2.75, 3.05) is 20.6 Å². The van der Waals surface area contributed by atoms with Crippen molar-refractivity contribution in [3.05, 3.63) is 35.0 Å². The van der Waals surface area contributed by atoms with Gasteiger partial charge in [0.1, 0.15) is 4.21 Å². The van der Waals surface area contributed by atoms with Gasteiger partial charge in [-0.25, -0.2) is 17.9 Å². The smallest absolute Gasteiger partial charge is 0.319 e. The van der Waals surface area contributed by atoms with Crippen molar-refractivity contribution in [1.82, 2.24) is 24.3 Å². The molecule has 3 heterocycles. The van der Waals surface area contributed by atoms with Crippen molar-refractivity contribution in [3.8, 4) is 0 Å². The van der Waals surface area contributed by atoms with Gasteiger partial charge in [0.25, 0.3) is 0 Å². The van der Waals surface area contributed by atoms with E-state index in [1.807, 2.05) is 10.7 Å². The average molecular weight is 369 g/mol. The molecule has 0 aromatic carbocycles. The van der Waals surface area contributed by atoms with E-state index in [1.165, 1.54) is 11.3 Å². The molecule has 3 rings (SSSR count). The zero-order valence-corrected chi connectivity index (χ0v) is 15.1. The van der Waals surface area contributed by atoms with Gasteiger partial charge in [0.2, 0.25) is 10.0 Å². The minimum absolute atomic E-state index is 0.0394. The average Bonchev–Trinajstić information content (AvgIpc) is 3.20. The molecule has 0 fully saturated rings. The molecular weight excluding hydrogens is 350 g/mol. The number of fused-ring (bicyclic) bond motifs is 1. The lowest BCUT2D eigenvalue weighted by atomic mass is 10.3.